The normalized spacial score (nSPS) is 14.4. The maximum absolute atomic E-state index is 11.3. The number of rotatable bonds is 2. The van der Waals surface area contributed by atoms with Crippen molar-refractivity contribution in [3.05, 3.63) is 57.8 Å². The Kier molecular flexibility index (Phi) is 3.53. The molecule has 0 atom stereocenters. The molecular weight excluding hydrogens is 268 g/mol. The van der Waals surface area contributed by atoms with Gasteiger partial charge in [-0.05, 0) is 24.6 Å². The minimum Gasteiger partial charge on any atom is -0.319 e. The van der Waals surface area contributed by atoms with Crippen LogP contribution in [0.1, 0.15) is 11.3 Å². The number of nitro groups is 1. The first-order chi connectivity index (χ1) is 10.2. The van der Waals surface area contributed by atoms with Crippen LogP contribution in [-0.4, -0.2) is 23.0 Å². The quantitative estimate of drug-likeness (QED) is 0.678. The lowest BCUT2D eigenvalue weighted by molar-refractivity contribution is -0.384. The summed E-state index contributed by atoms with van der Waals surface area (Å²) in [5.41, 5.74) is 2.90. The molecule has 0 amide bonds. The van der Waals surface area contributed by atoms with Gasteiger partial charge in [0, 0.05) is 37.1 Å². The van der Waals surface area contributed by atoms with Gasteiger partial charge in [0.15, 0.2) is 0 Å². The number of fused-ring (bicyclic) bond motifs is 1. The average molecular weight is 284 g/mol. The summed E-state index contributed by atoms with van der Waals surface area (Å²) in [6.07, 6.45) is 0. The Bertz CT molecular complexity index is 687. The maximum atomic E-state index is 11.3. The molecule has 0 fully saturated rings. The standard InChI is InChI=1S/C15H16N4O2/c1-11-6-7-14(19(20)21)15(17-11)18-9-8-16-10-12-4-2-3-5-13(12)18/h2-7,16H,8-10H2,1H3. The molecule has 0 saturated heterocycles. The van der Waals surface area contributed by atoms with E-state index in [0.29, 0.717) is 12.4 Å². The van der Waals surface area contributed by atoms with E-state index in [1.54, 1.807) is 6.07 Å². The lowest BCUT2D eigenvalue weighted by atomic mass is 10.1. The zero-order valence-electron chi connectivity index (χ0n) is 11.7. The van der Waals surface area contributed by atoms with Gasteiger partial charge in [0.05, 0.1) is 4.92 Å². The van der Waals surface area contributed by atoms with Gasteiger partial charge in [-0.15, -0.1) is 0 Å². The highest BCUT2D eigenvalue weighted by molar-refractivity contribution is 5.71. The molecule has 1 N–H and O–H groups in total. The molecule has 1 aliphatic rings. The monoisotopic (exact) mass is 284 g/mol. The van der Waals surface area contributed by atoms with Crippen molar-refractivity contribution in [1.29, 1.82) is 0 Å². The number of nitrogens with one attached hydrogen (secondary N) is 1. The summed E-state index contributed by atoms with van der Waals surface area (Å²) in [6, 6.07) is 11.1. The second kappa shape index (κ2) is 5.49. The molecule has 1 aliphatic heterocycles. The minimum atomic E-state index is -0.372. The van der Waals surface area contributed by atoms with Gasteiger partial charge in [-0.25, -0.2) is 4.98 Å². The first-order valence-corrected chi connectivity index (χ1v) is 6.85. The molecule has 2 heterocycles. The highest BCUT2D eigenvalue weighted by Gasteiger charge is 2.25. The van der Waals surface area contributed by atoms with Gasteiger partial charge in [-0.1, -0.05) is 18.2 Å². The van der Waals surface area contributed by atoms with Crippen LogP contribution in [0.5, 0.6) is 0 Å². The maximum Gasteiger partial charge on any atom is 0.311 e. The molecule has 0 aliphatic carbocycles. The minimum absolute atomic E-state index is 0.0392. The first-order valence-electron chi connectivity index (χ1n) is 6.85. The number of hydrogen-bond acceptors (Lipinski definition) is 5. The molecule has 0 unspecified atom stereocenters. The topological polar surface area (TPSA) is 71.3 Å². The average Bonchev–Trinajstić information content (AvgIpc) is 2.69. The summed E-state index contributed by atoms with van der Waals surface area (Å²) in [7, 11) is 0. The Balaban J connectivity index is 2.16. The lowest BCUT2D eigenvalue weighted by Crippen LogP contribution is -2.26. The van der Waals surface area contributed by atoms with Crippen molar-refractivity contribution in [2.75, 3.05) is 18.0 Å². The van der Waals surface area contributed by atoms with Crippen LogP contribution in [0.4, 0.5) is 17.2 Å². The van der Waals surface area contributed by atoms with Crippen LogP contribution in [0.15, 0.2) is 36.4 Å². The van der Waals surface area contributed by atoms with Crippen molar-refractivity contribution < 1.29 is 4.92 Å². The summed E-state index contributed by atoms with van der Waals surface area (Å²) < 4.78 is 0. The Hall–Kier alpha value is -2.47. The van der Waals surface area contributed by atoms with Crippen LogP contribution in [0.3, 0.4) is 0 Å². The number of hydrogen-bond donors (Lipinski definition) is 1. The van der Waals surface area contributed by atoms with Crippen LogP contribution < -0.4 is 10.2 Å². The van der Waals surface area contributed by atoms with Crippen LogP contribution in [0, 0.1) is 17.0 Å². The molecule has 0 radical (unpaired) electrons. The van der Waals surface area contributed by atoms with Gasteiger partial charge in [0.1, 0.15) is 0 Å². The molecule has 0 saturated carbocycles. The Morgan fingerprint density at radius 1 is 1.29 bits per heavy atom. The zero-order valence-corrected chi connectivity index (χ0v) is 11.7. The number of anilines is 2. The van der Waals surface area contributed by atoms with E-state index in [2.05, 4.69) is 10.3 Å². The number of aryl methyl sites for hydroxylation is 1. The van der Waals surface area contributed by atoms with Gasteiger partial charge in [-0.2, -0.15) is 0 Å². The fourth-order valence-electron chi connectivity index (χ4n) is 2.55. The lowest BCUT2D eigenvalue weighted by Gasteiger charge is -2.23. The molecule has 6 heteroatoms. The van der Waals surface area contributed by atoms with Gasteiger partial charge >= 0.3 is 5.69 Å². The number of para-hydroxylation sites is 1. The van der Waals surface area contributed by atoms with E-state index < -0.39 is 0 Å². The first kappa shape index (κ1) is 13.5. The summed E-state index contributed by atoms with van der Waals surface area (Å²) in [6.45, 7) is 4.00. The fraction of sp³-hybridized carbons (Fsp3) is 0.267. The van der Waals surface area contributed by atoms with Crippen molar-refractivity contribution in [3.8, 4) is 0 Å². The van der Waals surface area contributed by atoms with Crippen molar-refractivity contribution in [1.82, 2.24) is 10.3 Å². The summed E-state index contributed by atoms with van der Waals surface area (Å²) in [4.78, 5) is 17.3. The van der Waals surface area contributed by atoms with Gasteiger partial charge in [0.25, 0.3) is 0 Å². The van der Waals surface area contributed by atoms with E-state index in [4.69, 9.17) is 0 Å². The van der Waals surface area contributed by atoms with Crippen LogP contribution >= 0.6 is 0 Å². The molecule has 108 valence electrons. The van der Waals surface area contributed by atoms with Crippen molar-refractivity contribution in [2.45, 2.75) is 13.5 Å². The van der Waals surface area contributed by atoms with Crippen LogP contribution in [-0.2, 0) is 6.54 Å². The van der Waals surface area contributed by atoms with Crippen LogP contribution in [0.2, 0.25) is 0 Å². The summed E-state index contributed by atoms with van der Waals surface area (Å²) >= 11 is 0. The fourth-order valence-corrected chi connectivity index (χ4v) is 2.55. The van der Waals surface area contributed by atoms with E-state index in [-0.39, 0.29) is 10.6 Å². The second-order valence-electron chi connectivity index (χ2n) is 5.01. The zero-order chi connectivity index (χ0) is 14.8. The second-order valence-corrected chi connectivity index (χ2v) is 5.01. The third-order valence-corrected chi connectivity index (χ3v) is 3.56. The number of aromatic nitrogens is 1. The van der Waals surface area contributed by atoms with E-state index in [1.807, 2.05) is 36.1 Å². The van der Waals surface area contributed by atoms with Crippen LogP contribution in [0.25, 0.3) is 0 Å². The van der Waals surface area contributed by atoms with Gasteiger partial charge < -0.3 is 10.2 Å². The predicted octanol–water partition coefficient (Wildman–Crippen LogP) is 2.54. The molecule has 21 heavy (non-hydrogen) atoms. The molecule has 1 aromatic heterocycles. The van der Waals surface area contributed by atoms with Gasteiger partial charge in [-0.3, -0.25) is 10.1 Å². The molecule has 0 spiro atoms. The SMILES string of the molecule is Cc1ccc([N+](=O)[O-])c(N2CCNCc3ccccc32)n1. The molecule has 1 aromatic carbocycles. The summed E-state index contributed by atoms with van der Waals surface area (Å²) in [5, 5.41) is 14.6. The highest BCUT2D eigenvalue weighted by Crippen LogP contribution is 2.34. The number of nitrogens with zero attached hydrogens (tertiary/aromatic N) is 3. The molecule has 0 bridgehead atoms. The smallest absolute Gasteiger partial charge is 0.311 e. The van der Waals surface area contributed by atoms with Crippen molar-refractivity contribution in [3.63, 3.8) is 0 Å². The number of benzene rings is 1. The molecular formula is C15H16N4O2. The Labute approximate surface area is 122 Å². The third-order valence-electron chi connectivity index (χ3n) is 3.56. The predicted molar refractivity (Wildman–Crippen MR) is 80.8 cm³/mol. The summed E-state index contributed by atoms with van der Waals surface area (Å²) in [5.74, 6) is 0.413. The Morgan fingerprint density at radius 2 is 2.10 bits per heavy atom. The number of pyridine rings is 1. The largest absolute Gasteiger partial charge is 0.319 e. The Morgan fingerprint density at radius 3 is 2.90 bits per heavy atom. The van der Waals surface area contributed by atoms with E-state index in [9.17, 15) is 10.1 Å². The van der Waals surface area contributed by atoms with Crippen molar-refractivity contribution >= 4 is 17.2 Å². The van der Waals surface area contributed by atoms with E-state index in [1.165, 1.54) is 6.07 Å². The van der Waals surface area contributed by atoms with E-state index >= 15 is 0 Å². The third kappa shape index (κ3) is 2.57. The highest BCUT2D eigenvalue weighted by atomic mass is 16.6. The van der Waals surface area contributed by atoms with Gasteiger partial charge in [0.2, 0.25) is 5.82 Å². The van der Waals surface area contributed by atoms with E-state index in [0.717, 1.165) is 30.0 Å². The van der Waals surface area contributed by atoms with Crippen molar-refractivity contribution in [2.24, 2.45) is 0 Å². The molecule has 3 rings (SSSR count). The molecule has 2 aromatic rings. The molecule has 6 nitrogen and oxygen atoms in total.